The van der Waals surface area contributed by atoms with Crippen LogP contribution in [0.1, 0.15) is 20.3 Å². The van der Waals surface area contributed by atoms with Crippen LogP contribution in [0.25, 0.3) is 0 Å². The third kappa shape index (κ3) is 30.4. The van der Waals surface area contributed by atoms with Crippen LogP contribution in [0.4, 0.5) is 0 Å². The molecule has 0 spiro atoms. The average molecular weight is 227 g/mol. The predicted octanol–water partition coefficient (Wildman–Crippen LogP) is -0.332. The molecular formula is C6H17N3O4S. The van der Waals surface area contributed by atoms with Gasteiger partial charge in [0.1, 0.15) is 0 Å². The van der Waals surface area contributed by atoms with Crippen molar-refractivity contribution in [3.05, 3.63) is 0 Å². The zero-order chi connectivity index (χ0) is 11.6. The van der Waals surface area contributed by atoms with Crippen molar-refractivity contribution in [1.82, 2.24) is 5.32 Å². The molecule has 0 amide bonds. The number of rotatable bonds is 3. The standard InChI is InChI=1S/C6H15N3.H2O4S/c1-3-5-9-6(7)8-4-2;1-5(2,3)4/h3-5H2,1-2H3,(H3,7,8,9);(H2,1,2,3,4). The van der Waals surface area contributed by atoms with Crippen LogP contribution < -0.4 is 11.1 Å². The summed E-state index contributed by atoms with van der Waals surface area (Å²) in [4.78, 5) is 4.02. The highest BCUT2D eigenvalue weighted by Gasteiger charge is 1.84. The van der Waals surface area contributed by atoms with Crippen LogP contribution in [0.2, 0.25) is 0 Å². The van der Waals surface area contributed by atoms with Crippen molar-refractivity contribution in [2.24, 2.45) is 10.7 Å². The van der Waals surface area contributed by atoms with Gasteiger partial charge in [-0.2, -0.15) is 8.42 Å². The summed E-state index contributed by atoms with van der Waals surface area (Å²) in [5.41, 5.74) is 5.41. The van der Waals surface area contributed by atoms with Crippen molar-refractivity contribution in [2.45, 2.75) is 20.3 Å². The van der Waals surface area contributed by atoms with E-state index in [1.54, 1.807) is 0 Å². The number of nitrogens with one attached hydrogen (secondary N) is 1. The zero-order valence-corrected chi connectivity index (χ0v) is 9.08. The minimum absolute atomic E-state index is 0.555. The van der Waals surface area contributed by atoms with E-state index < -0.39 is 10.4 Å². The van der Waals surface area contributed by atoms with Gasteiger partial charge in [-0.3, -0.25) is 14.1 Å². The fourth-order valence-corrected chi connectivity index (χ4v) is 0.469. The molecule has 0 aliphatic heterocycles. The van der Waals surface area contributed by atoms with Gasteiger partial charge >= 0.3 is 10.4 Å². The van der Waals surface area contributed by atoms with Gasteiger partial charge in [0.05, 0.1) is 0 Å². The molecule has 86 valence electrons. The van der Waals surface area contributed by atoms with Crippen molar-refractivity contribution < 1.29 is 17.5 Å². The van der Waals surface area contributed by atoms with Crippen LogP contribution in [0.3, 0.4) is 0 Å². The molecule has 0 saturated carbocycles. The Morgan fingerprint density at radius 1 is 1.43 bits per heavy atom. The van der Waals surface area contributed by atoms with E-state index in [1.807, 2.05) is 6.92 Å². The lowest BCUT2D eigenvalue weighted by Crippen LogP contribution is -2.31. The van der Waals surface area contributed by atoms with Crippen LogP contribution in [0, 0.1) is 0 Å². The monoisotopic (exact) mass is 227 g/mol. The molecule has 0 fully saturated rings. The molecule has 0 radical (unpaired) electrons. The first-order valence-corrected chi connectivity index (χ1v) is 5.44. The average Bonchev–Trinajstić information content (AvgIpc) is 1.98. The van der Waals surface area contributed by atoms with Gasteiger partial charge in [-0.1, -0.05) is 6.92 Å². The Morgan fingerprint density at radius 3 is 2.14 bits per heavy atom. The van der Waals surface area contributed by atoms with Crippen molar-refractivity contribution in [3.63, 3.8) is 0 Å². The van der Waals surface area contributed by atoms with Crippen molar-refractivity contribution >= 4 is 16.4 Å². The molecule has 0 aromatic carbocycles. The van der Waals surface area contributed by atoms with E-state index >= 15 is 0 Å². The van der Waals surface area contributed by atoms with E-state index in [9.17, 15) is 0 Å². The lowest BCUT2D eigenvalue weighted by atomic mass is 10.5. The molecule has 8 heteroatoms. The van der Waals surface area contributed by atoms with Crippen LogP contribution in [-0.2, 0) is 10.4 Å². The molecule has 0 bridgehead atoms. The number of nitrogens with zero attached hydrogens (tertiary/aromatic N) is 1. The summed E-state index contributed by atoms with van der Waals surface area (Å²) in [5, 5.41) is 2.91. The molecule has 0 rings (SSSR count). The van der Waals surface area contributed by atoms with E-state index in [2.05, 4.69) is 17.2 Å². The van der Waals surface area contributed by atoms with E-state index in [1.165, 1.54) is 0 Å². The third-order valence-corrected chi connectivity index (χ3v) is 0.864. The second-order valence-electron chi connectivity index (χ2n) is 2.25. The summed E-state index contributed by atoms with van der Waals surface area (Å²) in [5.74, 6) is 0.555. The fraction of sp³-hybridized carbons (Fsp3) is 0.833. The Bertz CT molecular complexity index is 242. The molecule has 0 aliphatic rings. The number of guanidine groups is 1. The summed E-state index contributed by atoms with van der Waals surface area (Å²) < 4.78 is 31.6. The molecule has 0 aromatic heterocycles. The van der Waals surface area contributed by atoms with Gasteiger partial charge in [-0.15, -0.1) is 0 Å². The van der Waals surface area contributed by atoms with Gasteiger partial charge in [0.2, 0.25) is 0 Å². The first-order chi connectivity index (χ1) is 6.31. The first-order valence-electron chi connectivity index (χ1n) is 4.04. The second kappa shape index (κ2) is 8.73. The lowest BCUT2D eigenvalue weighted by molar-refractivity contribution is 0.381. The third-order valence-electron chi connectivity index (χ3n) is 0.864. The van der Waals surface area contributed by atoms with Gasteiger partial charge in [-0.05, 0) is 13.3 Å². The molecule has 0 aliphatic carbocycles. The van der Waals surface area contributed by atoms with E-state index in [4.69, 9.17) is 23.3 Å². The van der Waals surface area contributed by atoms with Gasteiger partial charge < -0.3 is 11.1 Å². The quantitative estimate of drug-likeness (QED) is 0.297. The summed E-state index contributed by atoms with van der Waals surface area (Å²) in [6.07, 6.45) is 1.05. The fourth-order valence-electron chi connectivity index (χ4n) is 0.469. The van der Waals surface area contributed by atoms with Crippen LogP contribution in [0.15, 0.2) is 4.99 Å². The maximum atomic E-state index is 8.74. The van der Waals surface area contributed by atoms with Crippen molar-refractivity contribution in [3.8, 4) is 0 Å². The summed E-state index contributed by atoms with van der Waals surface area (Å²) in [6, 6.07) is 0. The molecule has 0 saturated heterocycles. The topological polar surface area (TPSA) is 125 Å². The predicted molar refractivity (Wildman–Crippen MR) is 54.6 cm³/mol. The number of hydrogen-bond donors (Lipinski definition) is 4. The van der Waals surface area contributed by atoms with Gasteiger partial charge in [-0.25, -0.2) is 0 Å². The smallest absolute Gasteiger partial charge is 0.370 e. The van der Waals surface area contributed by atoms with E-state index in [0.717, 1.165) is 19.5 Å². The largest absolute Gasteiger partial charge is 0.394 e. The molecule has 5 N–H and O–H groups in total. The maximum Gasteiger partial charge on any atom is 0.394 e. The summed E-state index contributed by atoms with van der Waals surface area (Å²) in [7, 11) is -4.67. The van der Waals surface area contributed by atoms with E-state index in [0.29, 0.717) is 5.96 Å². The van der Waals surface area contributed by atoms with Crippen LogP contribution >= 0.6 is 0 Å². The minimum Gasteiger partial charge on any atom is -0.370 e. The van der Waals surface area contributed by atoms with Gasteiger partial charge in [0.15, 0.2) is 5.96 Å². The van der Waals surface area contributed by atoms with Gasteiger partial charge in [0.25, 0.3) is 0 Å². The summed E-state index contributed by atoms with van der Waals surface area (Å²) >= 11 is 0. The molecule has 7 nitrogen and oxygen atoms in total. The first kappa shape index (κ1) is 15.6. The molecule has 0 aromatic rings. The number of aliphatic imine (C=N–C) groups is 1. The number of nitrogens with two attached hydrogens (primary N) is 1. The van der Waals surface area contributed by atoms with E-state index in [-0.39, 0.29) is 0 Å². The second-order valence-corrected chi connectivity index (χ2v) is 3.14. The minimum atomic E-state index is -4.67. The lowest BCUT2D eigenvalue weighted by Gasteiger charge is -1.99. The van der Waals surface area contributed by atoms with Crippen LogP contribution in [0.5, 0.6) is 0 Å². The number of hydrogen-bond acceptors (Lipinski definition) is 3. The molecule has 0 unspecified atom stereocenters. The SMILES string of the molecule is CCCN=C(N)NCC.O=S(=O)(O)O. The Balaban J connectivity index is 0. The Labute approximate surface area is 84.0 Å². The highest BCUT2D eigenvalue weighted by atomic mass is 32.3. The van der Waals surface area contributed by atoms with Crippen molar-refractivity contribution in [1.29, 1.82) is 0 Å². The highest BCUT2D eigenvalue weighted by molar-refractivity contribution is 7.79. The molecule has 14 heavy (non-hydrogen) atoms. The van der Waals surface area contributed by atoms with Crippen LogP contribution in [-0.4, -0.2) is 36.6 Å². The molecular weight excluding hydrogens is 210 g/mol. The Hall–Kier alpha value is -0.860. The zero-order valence-electron chi connectivity index (χ0n) is 8.27. The summed E-state index contributed by atoms with van der Waals surface area (Å²) in [6.45, 7) is 5.73. The normalized spacial score (nSPS) is 11.6. The van der Waals surface area contributed by atoms with Crippen molar-refractivity contribution in [2.75, 3.05) is 13.1 Å². The Morgan fingerprint density at radius 2 is 1.86 bits per heavy atom. The molecule has 0 atom stereocenters. The Kier molecular flexibility index (Phi) is 9.73. The molecule has 0 heterocycles. The maximum absolute atomic E-state index is 8.74. The van der Waals surface area contributed by atoms with Gasteiger partial charge in [0, 0.05) is 13.1 Å². The highest BCUT2D eigenvalue weighted by Crippen LogP contribution is 1.75.